The van der Waals surface area contributed by atoms with Crippen LogP contribution < -0.4 is 20.8 Å². The highest BCUT2D eigenvalue weighted by Crippen LogP contribution is 2.41. The smallest absolute Gasteiger partial charge is 0.306 e. The number of hydrogen-bond acceptors (Lipinski definition) is 7. The number of amides is 1. The fourth-order valence-electron chi connectivity index (χ4n) is 4.19. The van der Waals surface area contributed by atoms with Crippen LogP contribution >= 0.6 is 12.4 Å². The van der Waals surface area contributed by atoms with E-state index in [1.54, 1.807) is 0 Å². The van der Waals surface area contributed by atoms with Crippen LogP contribution in [-0.4, -0.2) is 30.1 Å². The van der Waals surface area contributed by atoms with Gasteiger partial charge in [0.15, 0.2) is 5.69 Å². The first-order valence-electron chi connectivity index (χ1n) is 9.92. The van der Waals surface area contributed by atoms with Gasteiger partial charge >= 0.3 is 10.1 Å². The van der Waals surface area contributed by atoms with Gasteiger partial charge in [-0.25, -0.2) is 9.37 Å². The number of nitrogens with one attached hydrogen (secondary N) is 1. The Bertz CT molecular complexity index is 1190. The molecule has 0 unspecified atom stereocenters. The summed E-state index contributed by atoms with van der Waals surface area (Å²) in [6.07, 6.45) is 3.65. The molecule has 0 atom stereocenters. The maximum atomic E-state index is 13.2. The summed E-state index contributed by atoms with van der Waals surface area (Å²) in [6, 6.07) is 5.50. The van der Waals surface area contributed by atoms with Crippen LogP contribution in [0.5, 0.6) is 5.75 Å². The fourth-order valence-corrected chi connectivity index (χ4v) is 4.65. The maximum absolute atomic E-state index is 13.2. The van der Waals surface area contributed by atoms with Gasteiger partial charge in [-0.2, -0.15) is 8.42 Å². The molecule has 12 heteroatoms. The van der Waals surface area contributed by atoms with Gasteiger partial charge in [0, 0.05) is 13.1 Å². The molecule has 1 aromatic heterocycles. The Labute approximate surface area is 190 Å². The summed E-state index contributed by atoms with van der Waals surface area (Å²) < 4.78 is 42.9. The van der Waals surface area contributed by atoms with Crippen molar-refractivity contribution in [1.82, 2.24) is 14.9 Å². The van der Waals surface area contributed by atoms with Crippen LogP contribution in [0.15, 0.2) is 29.1 Å². The Hall–Kier alpha value is -2.50. The van der Waals surface area contributed by atoms with Gasteiger partial charge in [0.05, 0.1) is 11.8 Å². The van der Waals surface area contributed by atoms with Gasteiger partial charge in [0.2, 0.25) is 5.75 Å². The molecule has 1 amide bonds. The molecule has 3 aliphatic rings. The average Bonchev–Trinajstić information content (AvgIpc) is 2.93. The van der Waals surface area contributed by atoms with Gasteiger partial charge in [-0.3, -0.25) is 14.2 Å². The zero-order valence-corrected chi connectivity index (χ0v) is 19.0. The third-order valence-corrected chi connectivity index (χ3v) is 6.30. The molecule has 3 heterocycles. The second kappa shape index (κ2) is 8.80. The number of carbonyl (C=O) groups is 1. The predicted octanol–water partition coefficient (Wildman–Crippen LogP) is 1.43. The minimum absolute atomic E-state index is 0. The summed E-state index contributed by atoms with van der Waals surface area (Å²) in [5, 5.41) is 2.58. The number of hydrogen-bond donors (Lipinski definition) is 2. The molecule has 3 N–H and O–H groups in total. The molecular weight excluding hydrogens is 463 g/mol. The highest BCUT2D eigenvalue weighted by atomic mass is 35.5. The molecular formula is C20H24ClFN4O5S. The number of nitrogens with two attached hydrogens (primary N) is 1. The minimum atomic E-state index is -4.10. The maximum Gasteiger partial charge on any atom is 0.306 e. The summed E-state index contributed by atoms with van der Waals surface area (Å²) in [5.74, 6) is -1.35. The molecule has 2 aromatic rings. The second-order valence-corrected chi connectivity index (χ2v) is 9.80. The van der Waals surface area contributed by atoms with Crippen molar-refractivity contribution >= 4 is 28.4 Å². The molecule has 2 aliphatic heterocycles. The van der Waals surface area contributed by atoms with Crippen molar-refractivity contribution in [3.8, 4) is 5.75 Å². The lowest BCUT2D eigenvalue weighted by Gasteiger charge is -2.32. The Balaban J connectivity index is 0.00000289. The predicted molar refractivity (Wildman–Crippen MR) is 117 cm³/mol. The van der Waals surface area contributed by atoms with Crippen LogP contribution in [0.2, 0.25) is 0 Å². The first kappa shape index (κ1) is 24.1. The highest BCUT2D eigenvalue weighted by Gasteiger charge is 2.42. The lowest BCUT2D eigenvalue weighted by molar-refractivity contribution is 0.0942. The molecule has 0 spiro atoms. The number of rotatable bonds is 5. The van der Waals surface area contributed by atoms with Crippen LogP contribution in [0, 0.1) is 11.7 Å². The Morgan fingerprint density at radius 1 is 1.31 bits per heavy atom. The number of nitrogens with zero attached hydrogens (tertiary/aromatic N) is 2. The van der Waals surface area contributed by atoms with Gasteiger partial charge in [-0.1, -0.05) is 12.1 Å². The summed E-state index contributed by atoms with van der Waals surface area (Å²) in [6.45, 7) is 0.366. The van der Waals surface area contributed by atoms with Crippen LogP contribution in [0.4, 0.5) is 4.39 Å². The molecule has 0 radical (unpaired) electrons. The number of aromatic nitrogens is 2. The van der Waals surface area contributed by atoms with E-state index in [-0.39, 0.29) is 30.7 Å². The summed E-state index contributed by atoms with van der Waals surface area (Å²) in [7, 11) is -4.10. The Morgan fingerprint density at radius 3 is 2.53 bits per heavy atom. The molecule has 0 saturated heterocycles. The van der Waals surface area contributed by atoms with Crippen molar-refractivity contribution in [2.75, 3.05) is 6.26 Å². The zero-order chi connectivity index (χ0) is 22.4. The molecule has 32 heavy (non-hydrogen) atoms. The number of halogens is 2. The molecule has 1 aromatic carbocycles. The highest BCUT2D eigenvalue weighted by molar-refractivity contribution is 7.86. The van der Waals surface area contributed by atoms with Crippen molar-refractivity contribution < 1.29 is 21.8 Å². The molecule has 1 saturated carbocycles. The van der Waals surface area contributed by atoms with Crippen molar-refractivity contribution in [2.24, 2.45) is 11.7 Å². The minimum Gasteiger partial charge on any atom is -0.374 e. The van der Waals surface area contributed by atoms with Crippen LogP contribution in [0.3, 0.4) is 0 Å². The van der Waals surface area contributed by atoms with Crippen molar-refractivity contribution in [3.63, 3.8) is 0 Å². The van der Waals surface area contributed by atoms with E-state index in [1.807, 2.05) is 0 Å². The first-order valence-corrected chi connectivity index (χ1v) is 11.7. The number of benzene rings is 1. The van der Waals surface area contributed by atoms with E-state index in [0.717, 1.165) is 19.1 Å². The Morgan fingerprint density at radius 2 is 1.94 bits per heavy atom. The van der Waals surface area contributed by atoms with Gasteiger partial charge in [0.1, 0.15) is 11.6 Å². The van der Waals surface area contributed by atoms with E-state index in [0.29, 0.717) is 24.9 Å². The Kier molecular flexibility index (Phi) is 6.64. The summed E-state index contributed by atoms with van der Waals surface area (Å²) in [5.41, 5.74) is 5.12. The third-order valence-electron chi connectivity index (χ3n) is 5.83. The topological polar surface area (TPSA) is 133 Å². The molecule has 1 fully saturated rings. The van der Waals surface area contributed by atoms with E-state index in [9.17, 15) is 22.4 Å². The van der Waals surface area contributed by atoms with Crippen molar-refractivity contribution in [3.05, 3.63) is 57.5 Å². The van der Waals surface area contributed by atoms with E-state index in [2.05, 4.69) is 10.3 Å². The standard InChI is InChI=1S/C20H23FN4O5S.ClH/c1-31(28,29)30-16-15(17(26)23-10-12-2-4-14(21)5-3-12)24-19-20(22)8-6-13(7-9-20)11-25(19)18(16)27;/h2-5,13H,6-11,22H2,1H3,(H,23,26);1H. The van der Waals surface area contributed by atoms with E-state index in [1.165, 1.54) is 28.8 Å². The van der Waals surface area contributed by atoms with Crippen molar-refractivity contribution in [1.29, 1.82) is 0 Å². The average molecular weight is 487 g/mol. The van der Waals surface area contributed by atoms with E-state index in [4.69, 9.17) is 9.92 Å². The van der Waals surface area contributed by atoms with E-state index < -0.39 is 44.4 Å². The van der Waals surface area contributed by atoms with Gasteiger partial charge in [0.25, 0.3) is 11.5 Å². The monoisotopic (exact) mass is 486 g/mol. The van der Waals surface area contributed by atoms with Crippen LogP contribution in [0.1, 0.15) is 47.6 Å². The molecule has 5 rings (SSSR count). The molecule has 2 bridgehead atoms. The summed E-state index contributed by atoms with van der Waals surface area (Å²) in [4.78, 5) is 30.5. The normalized spacial score (nSPS) is 21.8. The lowest BCUT2D eigenvalue weighted by atomic mass is 9.78. The van der Waals surface area contributed by atoms with Gasteiger partial charge in [-0.15, -0.1) is 12.4 Å². The lowest BCUT2D eigenvalue weighted by Crippen LogP contribution is -2.43. The fraction of sp³-hybridized carbons (Fsp3) is 0.450. The summed E-state index contributed by atoms with van der Waals surface area (Å²) >= 11 is 0. The van der Waals surface area contributed by atoms with Gasteiger partial charge < -0.3 is 15.2 Å². The molecule has 174 valence electrons. The number of fused-ring (bicyclic) bond motifs is 2. The SMILES string of the molecule is CS(=O)(=O)Oc1c(C(=O)NCc2ccc(F)cc2)nc2n(c1=O)CC1CCC2(N)CC1.Cl. The first-order chi connectivity index (χ1) is 14.6. The third kappa shape index (κ3) is 4.79. The van der Waals surface area contributed by atoms with Crippen LogP contribution in [0.25, 0.3) is 0 Å². The molecule has 9 nitrogen and oxygen atoms in total. The largest absolute Gasteiger partial charge is 0.374 e. The second-order valence-electron chi connectivity index (χ2n) is 8.23. The van der Waals surface area contributed by atoms with Crippen LogP contribution in [-0.2, 0) is 28.7 Å². The van der Waals surface area contributed by atoms with E-state index >= 15 is 0 Å². The quantitative estimate of drug-likeness (QED) is 0.610. The zero-order valence-electron chi connectivity index (χ0n) is 17.3. The molecule has 1 aliphatic carbocycles. The van der Waals surface area contributed by atoms with Gasteiger partial charge in [-0.05, 0) is 49.3 Å². The number of carbonyl (C=O) groups excluding carboxylic acids is 1. The van der Waals surface area contributed by atoms with Crippen molar-refractivity contribution in [2.45, 2.75) is 44.3 Å².